The van der Waals surface area contributed by atoms with Gasteiger partial charge in [0.1, 0.15) is 12.4 Å². The fourth-order valence-electron chi connectivity index (χ4n) is 2.71. The monoisotopic (exact) mass is 293 g/mol. The SMILES string of the molecule is O=C(O)c1cccc(OCCNCC2CCCC(O)C2)c1. The number of hydrogen-bond acceptors (Lipinski definition) is 4. The van der Waals surface area contributed by atoms with Crippen molar-refractivity contribution in [3.63, 3.8) is 0 Å². The highest BCUT2D eigenvalue weighted by molar-refractivity contribution is 5.87. The minimum absolute atomic E-state index is 0.138. The second-order valence-corrected chi connectivity index (χ2v) is 5.57. The van der Waals surface area contributed by atoms with E-state index in [1.807, 2.05) is 0 Å². The summed E-state index contributed by atoms with van der Waals surface area (Å²) < 4.78 is 5.53. The van der Waals surface area contributed by atoms with Gasteiger partial charge in [-0.2, -0.15) is 0 Å². The van der Waals surface area contributed by atoms with E-state index in [-0.39, 0.29) is 11.7 Å². The Bertz CT molecular complexity index is 463. The zero-order valence-electron chi connectivity index (χ0n) is 12.1. The zero-order chi connectivity index (χ0) is 15.1. The molecule has 0 aromatic heterocycles. The predicted octanol–water partition coefficient (Wildman–Crippen LogP) is 1.90. The van der Waals surface area contributed by atoms with Gasteiger partial charge in [-0.1, -0.05) is 12.5 Å². The molecule has 0 bridgehead atoms. The zero-order valence-corrected chi connectivity index (χ0v) is 12.1. The van der Waals surface area contributed by atoms with Crippen molar-refractivity contribution in [2.45, 2.75) is 31.8 Å². The van der Waals surface area contributed by atoms with Crippen molar-refractivity contribution in [2.75, 3.05) is 19.7 Å². The third-order valence-corrected chi connectivity index (χ3v) is 3.82. The van der Waals surface area contributed by atoms with Gasteiger partial charge in [-0.3, -0.25) is 0 Å². The van der Waals surface area contributed by atoms with E-state index in [2.05, 4.69) is 5.32 Å². The Morgan fingerprint density at radius 3 is 3.00 bits per heavy atom. The summed E-state index contributed by atoms with van der Waals surface area (Å²) in [5.41, 5.74) is 0.233. The summed E-state index contributed by atoms with van der Waals surface area (Å²) in [6.45, 7) is 2.11. The molecule has 0 radical (unpaired) electrons. The molecule has 0 heterocycles. The van der Waals surface area contributed by atoms with Gasteiger partial charge in [0.25, 0.3) is 0 Å². The molecule has 116 valence electrons. The van der Waals surface area contributed by atoms with Crippen LogP contribution in [0.25, 0.3) is 0 Å². The lowest BCUT2D eigenvalue weighted by Gasteiger charge is -2.25. The first-order valence-electron chi connectivity index (χ1n) is 7.50. The van der Waals surface area contributed by atoms with Gasteiger partial charge in [-0.05, 0) is 49.9 Å². The number of aliphatic hydroxyl groups is 1. The molecule has 2 unspecified atom stereocenters. The maximum absolute atomic E-state index is 10.8. The normalized spacial score (nSPS) is 22.0. The Morgan fingerprint density at radius 2 is 2.24 bits per heavy atom. The Balaban J connectivity index is 1.63. The molecule has 1 saturated carbocycles. The highest BCUT2D eigenvalue weighted by atomic mass is 16.5. The van der Waals surface area contributed by atoms with Crippen molar-refractivity contribution in [3.05, 3.63) is 29.8 Å². The van der Waals surface area contributed by atoms with Crippen LogP contribution in [0.1, 0.15) is 36.0 Å². The lowest BCUT2D eigenvalue weighted by atomic mass is 9.87. The minimum Gasteiger partial charge on any atom is -0.492 e. The summed E-state index contributed by atoms with van der Waals surface area (Å²) in [5.74, 6) is 0.170. The topological polar surface area (TPSA) is 78.8 Å². The van der Waals surface area contributed by atoms with E-state index in [9.17, 15) is 9.90 Å². The maximum atomic E-state index is 10.8. The number of benzene rings is 1. The molecule has 0 spiro atoms. The Kier molecular flexibility index (Phi) is 6.02. The van der Waals surface area contributed by atoms with Crippen LogP contribution in [0.15, 0.2) is 24.3 Å². The largest absolute Gasteiger partial charge is 0.492 e. The number of ether oxygens (including phenoxy) is 1. The highest BCUT2D eigenvalue weighted by Gasteiger charge is 2.19. The summed E-state index contributed by atoms with van der Waals surface area (Å²) in [7, 11) is 0. The van der Waals surface area contributed by atoms with E-state index in [0.717, 1.165) is 25.8 Å². The fraction of sp³-hybridized carbons (Fsp3) is 0.562. The molecule has 21 heavy (non-hydrogen) atoms. The lowest BCUT2D eigenvalue weighted by Crippen LogP contribution is -2.31. The van der Waals surface area contributed by atoms with E-state index in [0.29, 0.717) is 24.8 Å². The standard InChI is InChI=1S/C16H23NO4/c18-14-5-1-3-12(9-14)11-17-7-8-21-15-6-2-4-13(10-15)16(19)20/h2,4,6,10,12,14,17-18H,1,3,5,7-9,11H2,(H,19,20). The molecule has 0 saturated heterocycles. The van der Waals surface area contributed by atoms with Crippen LogP contribution < -0.4 is 10.1 Å². The molecule has 2 rings (SSSR count). The first-order chi connectivity index (χ1) is 10.1. The average molecular weight is 293 g/mol. The summed E-state index contributed by atoms with van der Waals surface area (Å²) >= 11 is 0. The summed E-state index contributed by atoms with van der Waals surface area (Å²) in [6, 6.07) is 6.50. The van der Waals surface area contributed by atoms with Crippen molar-refractivity contribution >= 4 is 5.97 Å². The van der Waals surface area contributed by atoms with Crippen molar-refractivity contribution in [1.29, 1.82) is 0 Å². The number of nitrogens with one attached hydrogen (secondary N) is 1. The average Bonchev–Trinajstić information content (AvgIpc) is 2.47. The minimum atomic E-state index is -0.950. The van der Waals surface area contributed by atoms with Gasteiger partial charge < -0.3 is 20.3 Å². The predicted molar refractivity (Wildman–Crippen MR) is 79.7 cm³/mol. The van der Waals surface area contributed by atoms with Crippen LogP contribution >= 0.6 is 0 Å². The number of carboxylic acids is 1. The number of rotatable bonds is 7. The van der Waals surface area contributed by atoms with E-state index in [1.165, 1.54) is 12.5 Å². The first kappa shape index (κ1) is 15.8. The molecule has 2 atom stereocenters. The Hall–Kier alpha value is -1.59. The smallest absolute Gasteiger partial charge is 0.335 e. The quantitative estimate of drug-likeness (QED) is 0.669. The van der Waals surface area contributed by atoms with Gasteiger partial charge in [0.05, 0.1) is 11.7 Å². The van der Waals surface area contributed by atoms with Crippen LogP contribution in [0.2, 0.25) is 0 Å². The molecule has 0 aliphatic heterocycles. The molecule has 5 heteroatoms. The molecular weight excluding hydrogens is 270 g/mol. The second kappa shape index (κ2) is 8.00. The van der Waals surface area contributed by atoms with Crippen LogP contribution in [-0.2, 0) is 0 Å². The van der Waals surface area contributed by atoms with Gasteiger partial charge in [0, 0.05) is 6.54 Å². The molecule has 1 aliphatic rings. The number of aromatic carboxylic acids is 1. The van der Waals surface area contributed by atoms with E-state index >= 15 is 0 Å². The van der Waals surface area contributed by atoms with Crippen LogP contribution in [0.5, 0.6) is 5.75 Å². The number of carbonyl (C=O) groups is 1. The third kappa shape index (κ3) is 5.36. The fourth-order valence-corrected chi connectivity index (χ4v) is 2.71. The third-order valence-electron chi connectivity index (χ3n) is 3.82. The van der Waals surface area contributed by atoms with Gasteiger partial charge in [0.2, 0.25) is 0 Å². The molecule has 3 N–H and O–H groups in total. The highest BCUT2D eigenvalue weighted by Crippen LogP contribution is 2.23. The number of carboxylic acid groups (broad SMARTS) is 1. The van der Waals surface area contributed by atoms with Gasteiger partial charge in [-0.25, -0.2) is 4.79 Å². The first-order valence-corrected chi connectivity index (χ1v) is 7.50. The Labute approximate surface area is 124 Å². The lowest BCUT2D eigenvalue weighted by molar-refractivity contribution is 0.0696. The van der Waals surface area contributed by atoms with Crippen LogP contribution in [0.3, 0.4) is 0 Å². The van der Waals surface area contributed by atoms with Crippen molar-refractivity contribution < 1.29 is 19.7 Å². The van der Waals surface area contributed by atoms with Gasteiger partial charge in [-0.15, -0.1) is 0 Å². The Morgan fingerprint density at radius 1 is 1.38 bits per heavy atom. The molecule has 0 amide bonds. The van der Waals surface area contributed by atoms with Gasteiger partial charge in [0.15, 0.2) is 0 Å². The van der Waals surface area contributed by atoms with Crippen LogP contribution in [0.4, 0.5) is 0 Å². The summed E-state index contributed by atoms with van der Waals surface area (Å²) in [4.78, 5) is 10.8. The van der Waals surface area contributed by atoms with E-state index in [4.69, 9.17) is 9.84 Å². The van der Waals surface area contributed by atoms with Crippen LogP contribution in [0, 0.1) is 5.92 Å². The van der Waals surface area contributed by atoms with Crippen molar-refractivity contribution in [3.8, 4) is 5.75 Å². The van der Waals surface area contributed by atoms with Gasteiger partial charge >= 0.3 is 5.97 Å². The van der Waals surface area contributed by atoms with E-state index in [1.54, 1.807) is 18.2 Å². The summed E-state index contributed by atoms with van der Waals surface area (Å²) in [6.07, 6.45) is 3.95. The number of aliphatic hydroxyl groups excluding tert-OH is 1. The molecule has 5 nitrogen and oxygen atoms in total. The second-order valence-electron chi connectivity index (χ2n) is 5.57. The maximum Gasteiger partial charge on any atom is 0.335 e. The van der Waals surface area contributed by atoms with Crippen molar-refractivity contribution in [2.24, 2.45) is 5.92 Å². The van der Waals surface area contributed by atoms with Crippen LogP contribution in [-0.4, -0.2) is 42.0 Å². The number of hydrogen-bond donors (Lipinski definition) is 3. The van der Waals surface area contributed by atoms with E-state index < -0.39 is 5.97 Å². The molecule has 1 aromatic rings. The summed E-state index contributed by atoms with van der Waals surface area (Å²) in [5, 5.41) is 21.8. The molecule has 1 fully saturated rings. The molecule has 1 aliphatic carbocycles. The molecular formula is C16H23NO4. The van der Waals surface area contributed by atoms with Crippen molar-refractivity contribution in [1.82, 2.24) is 5.32 Å². The molecule has 1 aromatic carbocycles.